The van der Waals surface area contributed by atoms with E-state index < -0.39 is 6.29 Å². The molecule has 1 aromatic heterocycles. The van der Waals surface area contributed by atoms with Crippen LogP contribution >= 0.6 is 11.3 Å². The van der Waals surface area contributed by atoms with Crippen molar-refractivity contribution in [2.75, 3.05) is 25.6 Å². The predicted octanol–water partition coefficient (Wildman–Crippen LogP) is 4.42. The number of benzene rings is 2. The lowest BCUT2D eigenvalue weighted by Crippen LogP contribution is -2.12. The monoisotopic (exact) mass is 396 g/mol. The number of amides is 1. The molecule has 4 rings (SSSR count). The van der Waals surface area contributed by atoms with Gasteiger partial charge in [0.15, 0.2) is 11.4 Å². The molecule has 28 heavy (non-hydrogen) atoms. The van der Waals surface area contributed by atoms with Crippen molar-refractivity contribution >= 4 is 22.4 Å². The minimum Gasteiger partial charge on any atom is -0.497 e. The van der Waals surface area contributed by atoms with Crippen molar-refractivity contribution < 1.29 is 19.0 Å². The molecule has 0 radical (unpaired) electrons. The number of carbonyl (C=O) groups is 1. The molecule has 6 nitrogen and oxygen atoms in total. The second-order valence-corrected chi connectivity index (χ2v) is 7.51. The Balaban J connectivity index is 1.51. The lowest BCUT2D eigenvalue weighted by atomic mass is 10.1. The van der Waals surface area contributed by atoms with Crippen molar-refractivity contribution in [3.63, 3.8) is 0 Å². The van der Waals surface area contributed by atoms with Crippen LogP contribution in [0, 0.1) is 6.92 Å². The van der Waals surface area contributed by atoms with Crippen molar-refractivity contribution in [2.45, 2.75) is 13.2 Å². The van der Waals surface area contributed by atoms with Gasteiger partial charge in [-0.15, -0.1) is 11.3 Å². The summed E-state index contributed by atoms with van der Waals surface area (Å²) >= 11 is 1.45. The van der Waals surface area contributed by atoms with Gasteiger partial charge in [-0.3, -0.25) is 10.1 Å². The Kier molecular flexibility index (Phi) is 5.38. The number of anilines is 1. The maximum atomic E-state index is 12.7. The molecule has 1 aliphatic heterocycles. The van der Waals surface area contributed by atoms with Gasteiger partial charge in [0, 0.05) is 21.6 Å². The maximum Gasteiger partial charge on any atom is 0.257 e. The van der Waals surface area contributed by atoms with Gasteiger partial charge in [-0.2, -0.15) is 0 Å². The maximum absolute atomic E-state index is 12.7. The smallest absolute Gasteiger partial charge is 0.257 e. The fourth-order valence-corrected chi connectivity index (χ4v) is 3.84. The van der Waals surface area contributed by atoms with Crippen LogP contribution in [0.25, 0.3) is 11.3 Å². The SMILES string of the molecule is COc1ccc(-c2nc(NC(=O)c3cccc(C4OCCO4)c3)sc2C)cc1. The van der Waals surface area contributed by atoms with E-state index in [1.165, 1.54) is 11.3 Å². The first kappa shape index (κ1) is 18.6. The topological polar surface area (TPSA) is 69.7 Å². The van der Waals surface area contributed by atoms with Crippen molar-refractivity contribution in [2.24, 2.45) is 0 Å². The molecule has 1 fully saturated rings. The number of aryl methyl sites for hydroxylation is 1. The van der Waals surface area contributed by atoms with Gasteiger partial charge >= 0.3 is 0 Å². The molecule has 0 bridgehead atoms. The summed E-state index contributed by atoms with van der Waals surface area (Å²) in [6.45, 7) is 3.11. The quantitative estimate of drug-likeness (QED) is 0.691. The zero-order valence-electron chi connectivity index (χ0n) is 15.6. The summed E-state index contributed by atoms with van der Waals surface area (Å²) in [5.74, 6) is 0.579. The number of methoxy groups -OCH3 is 1. The number of aromatic nitrogens is 1. The molecule has 144 valence electrons. The molecule has 1 aliphatic rings. The second kappa shape index (κ2) is 8.10. The Labute approximate surface area is 167 Å². The van der Waals surface area contributed by atoms with Gasteiger partial charge in [0.05, 0.1) is 26.0 Å². The highest BCUT2D eigenvalue weighted by Gasteiger charge is 2.20. The fourth-order valence-electron chi connectivity index (χ4n) is 3.01. The first-order valence-corrected chi connectivity index (χ1v) is 9.72. The number of carbonyl (C=O) groups excluding carboxylic acids is 1. The van der Waals surface area contributed by atoms with E-state index in [0.29, 0.717) is 23.9 Å². The Hall–Kier alpha value is -2.74. The molecule has 2 aromatic carbocycles. The largest absolute Gasteiger partial charge is 0.497 e. The lowest BCUT2D eigenvalue weighted by molar-refractivity contribution is -0.0441. The number of nitrogens with one attached hydrogen (secondary N) is 1. The Morgan fingerprint density at radius 3 is 2.64 bits per heavy atom. The molecule has 0 aliphatic carbocycles. The van der Waals surface area contributed by atoms with E-state index in [4.69, 9.17) is 14.2 Å². The summed E-state index contributed by atoms with van der Waals surface area (Å²) in [6, 6.07) is 15.0. The van der Waals surface area contributed by atoms with Gasteiger partial charge in [0.25, 0.3) is 5.91 Å². The zero-order chi connectivity index (χ0) is 19.5. The summed E-state index contributed by atoms with van der Waals surface area (Å²) < 4.78 is 16.2. The van der Waals surface area contributed by atoms with Crippen LogP contribution in [0.5, 0.6) is 5.75 Å². The van der Waals surface area contributed by atoms with Crippen molar-refractivity contribution in [1.82, 2.24) is 4.98 Å². The molecule has 0 atom stereocenters. The van der Waals surface area contributed by atoms with E-state index in [-0.39, 0.29) is 5.91 Å². The third kappa shape index (κ3) is 3.91. The fraction of sp³-hybridized carbons (Fsp3) is 0.238. The van der Waals surface area contributed by atoms with Gasteiger partial charge in [0.2, 0.25) is 0 Å². The number of ether oxygens (including phenoxy) is 3. The van der Waals surface area contributed by atoms with Gasteiger partial charge in [-0.1, -0.05) is 12.1 Å². The van der Waals surface area contributed by atoms with Gasteiger partial charge < -0.3 is 14.2 Å². The van der Waals surface area contributed by atoms with Crippen molar-refractivity contribution in [1.29, 1.82) is 0 Å². The van der Waals surface area contributed by atoms with E-state index in [2.05, 4.69) is 10.3 Å². The number of hydrogen-bond acceptors (Lipinski definition) is 6. The standard InChI is InChI=1S/C21H20N2O4S/c1-13-18(14-6-8-17(25-2)9-7-14)22-21(28-13)23-19(24)15-4-3-5-16(12-15)20-26-10-11-27-20/h3-9,12,20H,10-11H2,1-2H3,(H,22,23,24). The van der Waals surface area contributed by atoms with E-state index in [1.54, 1.807) is 19.2 Å². The molecular weight excluding hydrogens is 376 g/mol. The molecule has 3 aromatic rings. The first-order chi connectivity index (χ1) is 13.6. The minimum absolute atomic E-state index is 0.213. The Morgan fingerprint density at radius 1 is 1.18 bits per heavy atom. The molecule has 0 saturated carbocycles. The van der Waals surface area contributed by atoms with Crippen molar-refractivity contribution in [3.05, 3.63) is 64.5 Å². The van der Waals surface area contributed by atoms with Crippen LogP contribution in [0.3, 0.4) is 0 Å². The molecule has 1 N–H and O–H groups in total. The third-order valence-electron chi connectivity index (χ3n) is 4.42. The summed E-state index contributed by atoms with van der Waals surface area (Å²) in [7, 11) is 1.64. The predicted molar refractivity (Wildman–Crippen MR) is 108 cm³/mol. The van der Waals surface area contributed by atoms with Crippen LogP contribution in [-0.2, 0) is 9.47 Å². The average molecular weight is 396 g/mol. The van der Waals surface area contributed by atoms with Crippen LogP contribution in [0.4, 0.5) is 5.13 Å². The second-order valence-electron chi connectivity index (χ2n) is 6.31. The summed E-state index contributed by atoms with van der Waals surface area (Å²) in [5, 5.41) is 3.45. The van der Waals surface area contributed by atoms with Crippen LogP contribution < -0.4 is 10.1 Å². The number of nitrogens with zero attached hydrogens (tertiary/aromatic N) is 1. The highest BCUT2D eigenvalue weighted by Crippen LogP contribution is 2.31. The molecule has 0 unspecified atom stereocenters. The molecule has 0 spiro atoms. The lowest BCUT2D eigenvalue weighted by Gasteiger charge is -2.10. The van der Waals surface area contributed by atoms with Gasteiger partial charge in [-0.25, -0.2) is 4.98 Å². The molecule has 1 amide bonds. The van der Waals surface area contributed by atoms with E-state index in [1.807, 2.05) is 43.3 Å². The van der Waals surface area contributed by atoms with E-state index >= 15 is 0 Å². The van der Waals surface area contributed by atoms with Crippen LogP contribution in [0.15, 0.2) is 48.5 Å². The normalized spacial score (nSPS) is 14.2. The third-order valence-corrected chi connectivity index (χ3v) is 5.31. The molecule has 1 saturated heterocycles. The van der Waals surface area contributed by atoms with Gasteiger partial charge in [-0.05, 0) is 43.3 Å². The van der Waals surface area contributed by atoms with Gasteiger partial charge in [0.1, 0.15) is 5.75 Å². The van der Waals surface area contributed by atoms with Crippen LogP contribution in [0.1, 0.15) is 27.1 Å². The number of thiazole rings is 1. The summed E-state index contributed by atoms with van der Waals surface area (Å²) in [6.07, 6.45) is -0.406. The van der Waals surface area contributed by atoms with Crippen LogP contribution in [-0.4, -0.2) is 31.2 Å². The summed E-state index contributed by atoms with van der Waals surface area (Å²) in [4.78, 5) is 18.3. The molecule has 7 heteroatoms. The van der Waals surface area contributed by atoms with E-state index in [9.17, 15) is 4.79 Å². The first-order valence-electron chi connectivity index (χ1n) is 8.90. The average Bonchev–Trinajstić information content (AvgIpc) is 3.38. The zero-order valence-corrected chi connectivity index (χ0v) is 16.4. The van der Waals surface area contributed by atoms with E-state index in [0.717, 1.165) is 27.4 Å². The molecular formula is C21H20N2O4S. The van der Waals surface area contributed by atoms with Crippen molar-refractivity contribution in [3.8, 4) is 17.0 Å². The van der Waals surface area contributed by atoms with Crippen LogP contribution in [0.2, 0.25) is 0 Å². The number of rotatable bonds is 5. The Bertz CT molecular complexity index is 978. The minimum atomic E-state index is -0.406. The number of hydrogen-bond donors (Lipinski definition) is 1. The highest BCUT2D eigenvalue weighted by atomic mass is 32.1. The Morgan fingerprint density at radius 2 is 1.93 bits per heavy atom. The summed E-state index contributed by atoms with van der Waals surface area (Å²) in [5.41, 5.74) is 3.20. The molecule has 2 heterocycles. The highest BCUT2D eigenvalue weighted by molar-refractivity contribution is 7.16.